The van der Waals surface area contributed by atoms with Gasteiger partial charge in [-0.2, -0.15) is 0 Å². The Bertz CT molecular complexity index is 679. The average molecular weight is 321 g/mol. The van der Waals surface area contributed by atoms with Gasteiger partial charge >= 0.3 is 0 Å². The zero-order chi connectivity index (χ0) is 17.0. The van der Waals surface area contributed by atoms with E-state index in [0.29, 0.717) is 23.6 Å². The van der Waals surface area contributed by atoms with E-state index in [0.717, 1.165) is 10.8 Å². The number of aromatic hydroxyl groups is 1. The summed E-state index contributed by atoms with van der Waals surface area (Å²) in [5.41, 5.74) is 6.00. The summed E-state index contributed by atoms with van der Waals surface area (Å²) < 4.78 is 10.6. The van der Waals surface area contributed by atoms with Gasteiger partial charge in [0.05, 0.1) is 25.4 Å². The van der Waals surface area contributed by atoms with Crippen molar-refractivity contribution in [2.45, 2.75) is 19.4 Å². The van der Waals surface area contributed by atoms with Crippen molar-refractivity contribution in [1.82, 2.24) is 0 Å². The normalized spacial score (nSPS) is 11.8. The zero-order valence-corrected chi connectivity index (χ0v) is 13.4. The molecule has 5 N–H and O–H groups in total. The zero-order valence-electron chi connectivity index (χ0n) is 13.4. The van der Waals surface area contributed by atoms with Crippen molar-refractivity contribution in [3.63, 3.8) is 0 Å². The number of rotatable bonds is 7. The Hall–Kier alpha value is -2.02. The molecule has 2 aromatic rings. The van der Waals surface area contributed by atoms with Crippen molar-refractivity contribution in [3.8, 4) is 11.5 Å². The third-order valence-corrected chi connectivity index (χ3v) is 3.47. The lowest BCUT2D eigenvalue weighted by Crippen LogP contribution is -2.17. The molecular formula is C17H23NO5. The molecule has 2 rings (SSSR count). The van der Waals surface area contributed by atoms with E-state index < -0.39 is 5.60 Å². The van der Waals surface area contributed by atoms with Crippen LogP contribution in [0.4, 0.5) is 5.69 Å². The van der Waals surface area contributed by atoms with Crippen molar-refractivity contribution >= 4 is 16.5 Å². The number of fused-ring (bicyclic) bond motifs is 1. The molecule has 0 amide bonds. The summed E-state index contributed by atoms with van der Waals surface area (Å²) in [4.78, 5) is 0. The molecule has 0 unspecified atom stereocenters. The Labute approximate surface area is 135 Å². The summed E-state index contributed by atoms with van der Waals surface area (Å²) in [5.74, 6) is 0.339. The van der Waals surface area contributed by atoms with E-state index in [1.54, 1.807) is 38.1 Å². The fourth-order valence-electron chi connectivity index (χ4n) is 2.36. The fourth-order valence-corrected chi connectivity index (χ4v) is 2.36. The molecule has 2 aromatic carbocycles. The van der Waals surface area contributed by atoms with Crippen molar-refractivity contribution < 1.29 is 24.8 Å². The van der Waals surface area contributed by atoms with E-state index in [9.17, 15) is 10.2 Å². The maximum atomic E-state index is 10.2. The van der Waals surface area contributed by atoms with Crippen LogP contribution in [-0.2, 0) is 10.3 Å². The van der Waals surface area contributed by atoms with Crippen LogP contribution in [0.1, 0.15) is 19.4 Å². The number of hydrogen-bond donors (Lipinski definition) is 4. The van der Waals surface area contributed by atoms with Gasteiger partial charge < -0.3 is 30.5 Å². The third-order valence-electron chi connectivity index (χ3n) is 3.47. The number of hydrogen-bond acceptors (Lipinski definition) is 6. The van der Waals surface area contributed by atoms with Crippen LogP contribution >= 0.6 is 0 Å². The lowest BCUT2D eigenvalue weighted by molar-refractivity contribution is 0.0699. The molecule has 0 atom stereocenters. The van der Waals surface area contributed by atoms with Gasteiger partial charge in [0.15, 0.2) is 11.5 Å². The quantitative estimate of drug-likeness (QED) is 0.457. The number of anilines is 1. The van der Waals surface area contributed by atoms with Crippen molar-refractivity contribution in [2.75, 3.05) is 32.2 Å². The van der Waals surface area contributed by atoms with E-state index in [2.05, 4.69) is 0 Å². The second-order valence-corrected chi connectivity index (χ2v) is 5.85. The van der Waals surface area contributed by atoms with E-state index in [-0.39, 0.29) is 25.6 Å². The van der Waals surface area contributed by atoms with Crippen LogP contribution < -0.4 is 10.5 Å². The minimum Gasteiger partial charge on any atom is -0.504 e. The summed E-state index contributed by atoms with van der Waals surface area (Å²) >= 11 is 0. The van der Waals surface area contributed by atoms with Crippen molar-refractivity contribution in [3.05, 3.63) is 29.8 Å². The molecule has 0 aliphatic carbocycles. The molecule has 0 fully saturated rings. The highest BCUT2D eigenvalue weighted by atomic mass is 16.5. The number of phenolic OH excluding ortho intramolecular Hbond substituents is 1. The average Bonchev–Trinajstić information content (AvgIpc) is 2.46. The third kappa shape index (κ3) is 4.25. The number of benzene rings is 2. The van der Waals surface area contributed by atoms with Crippen LogP contribution in [0.2, 0.25) is 0 Å². The first kappa shape index (κ1) is 17.3. The van der Waals surface area contributed by atoms with Crippen LogP contribution in [0.3, 0.4) is 0 Å². The molecule has 6 nitrogen and oxygen atoms in total. The minimum atomic E-state index is -1.06. The molecule has 126 valence electrons. The number of aliphatic hydroxyl groups is 2. The molecule has 0 saturated carbocycles. The summed E-state index contributed by atoms with van der Waals surface area (Å²) in [6.45, 7) is 4.12. The lowest BCUT2D eigenvalue weighted by atomic mass is 9.93. The molecule has 6 heteroatoms. The Morgan fingerprint density at radius 3 is 2.39 bits per heavy atom. The number of nitrogens with two attached hydrogens (primary N) is 1. The molecule has 0 aliphatic rings. The van der Waals surface area contributed by atoms with Crippen molar-refractivity contribution in [2.24, 2.45) is 0 Å². The number of phenols is 1. The van der Waals surface area contributed by atoms with Crippen LogP contribution in [0.15, 0.2) is 24.3 Å². The molecule has 0 aliphatic heterocycles. The van der Waals surface area contributed by atoms with Gasteiger partial charge in [0.25, 0.3) is 0 Å². The van der Waals surface area contributed by atoms with Crippen LogP contribution in [0.25, 0.3) is 10.8 Å². The lowest BCUT2D eigenvalue weighted by Gasteiger charge is -2.21. The first-order valence-corrected chi connectivity index (χ1v) is 7.43. The van der Waals surface area contributed by atoms with Crippen LogP contribution in [-0.4, -0.2) is 41.7 Å². The van der Waals surface area contributed by atoms with Gasteiger partial charge in [-0.15, -0.1) is 0 Å². The Morgan fingerprint density at radius 2 is 1.74 bits per heavy atom. The highest BCUT2D eigenvalue weighted by Gasteiger charge is 2.20. The summed E-state index contributed by atoms with van der Waals surface area (Å²) in [7, 11) is 0. The fraction of sp³-hybridized carbons (Fsp3) is 0.412. The van der Waals surface area contributed by atoms with Gasteiger partial charge in [-0.1, -0.05) is 0 Å². The topological polar surface area (TPSA) is 105 Å². The SMILES string of the molecule is CC(C)(O)c1cc2cc(OCCOCCO)c(O)cc2cc1N. The molecular weight excluding hydrogens is 298 g/mol. The second kappa shape index (κ2) is 7.04. The molecule has 0 bridgehead atoms. The van der Waals surface area contributed by atoms with Gasteiger partial charge in [-0.25, -0.2) is 0 Å². The van der Waals surface area contributed by atoms with E-state index in [1.807, 2.05) is 0 Å². The maximum Gasteiger partial charge on any atom is 0.161 e. The smallest absolute Gasteiger partial charge is 0.161 e. The number of aliphatic hydroxyl groups excluding tert-OH is 1. The number of ether oxygens (including phenoxy) is 2. The molecule has 23 heavy (non-hydrogen) atoms. The van der Waals surface area contributed by atoms with Crippen LogP contribution in [0.5, 0.6) is 11.5 Å². The molecule has 0 spiro atoms. The standard InChI is InChI=1S/C17H23NO5/c1-17(2,21)13-7-11-10-16(23-6-5-22-4-3-19)15(20)9-12(11)8-14(13)18/h7-10,19-21H,3-6,18H2,1-2H3. The monoisotopic (exact) mass is 321 g/mol. The molecule has 0 radical (unpaired) electrons. The van der Waals surface area contributed by atoms with Gasteiger partial charge in [-0.05, 0) is 48.9 Å². The first-order valence-electron chi connectivity index (χ1n) is 7.43. The van der Waals surface area contributed by atoms with Crippen molar-refractivity contribution in [1.29, 1.82) is 0 Å². The van der Waals surface area contributed by atoms with E-state index in [1.165, 1.54) is 0 Å². The first-order chi connectivity index (χ1) is 10.8. The van der Waals surface area contributed by atoms with Gasteiger partial charge in [0.2, 0.25) is 0 Å². The van der Waals surface area contributed by atoms with Crippen LogP contribution in [0, 0.1) is 0 Å². The Kier molecular flexibility index (Phi) is 5.30. The van der Waals surface area contributed by atoms with Gasteiger partial charge in [-0.3, -0.25) is 0 Å². The second-order valence-electron chi connectivity index (χ2n) is 5.85. The summed E-state index contributed by atoms with van der Waals surface area (Å²) in [6.07, 6.45) is 0. The summed E-state index contributed by atoms with van der Waals surface area (Å²) in [6, 6.07) is 6.78. The minimum absolute atomic E-state index is 0.00932. The van der Waals surface area contributed by atoms with Gasteiger partial charge in [0.1, 0.15) is 6.61 Å². The molecule has 0 saturated heterocycles. The summed E-state index contributed by atoms with van der Waals surface area (Å²) in [5, 5.41) is 30.4. The predicted octanol–water partition coefficient (Wildman–Crippen LogP) is 1.74. The highest BCUT2D eigenvalue weighted by Crippen LogP contribution is 2.36. The Morgan fingerprint density at radius 1 is 1.04 bits per heavy atom. The molecule has 0 heterocycles. The van der Waals surface area contributed by atoms with E-state index in [4.69, 9.17) is 20.3 Å². The molecule has 0 aromatic heterocycles. The number of nitrogen functional groups attached to an aromatic ring is 1. The van der Waals surface area contributed by atoms with Gasteiger partial charge in [0, 0.05) is 11.3 Å². The Balaban J connectivity index is 2.26. The highest BCUT2D eigenvalue weighted by molar-refractivity contribution is 5.90. The maximum absolute atomic E-state index is 10.2. The van der Waals surface area contributed by atoms with E-state index >= 15 is 0 Å². The predicted molar refractivity (Wildman–Crippen MR) is 88.7 cm³/mol. The largest absolute Gasteiger partial charge is 0.504 e.